The van der Waals surface area contributed by atoms with E-state index in [0.29, 0.717) is 6.42 Å². The molecule has 0 saturated heterocycles. The Morgan fingerprint density at radius 2 is 0.857 bits per heavy atom. The summed E-state index contributed by atoms with van der Waals surface area (Å²) in [7, 11) is 0. The molecule has 3 unspecified atom stereocenters. The molecule has 0 aliphatic carbocycles. The van der Waals surface area contributed by atoms with Crippen molar-refractivity contribution in [1.29, 1.82) is 0 Å². The minimum atomic E-state index is -0.930. The predicted molar refractivity (Wildman–Crippen MR) is 213 cm³/mol. The number of hydrogen-bond donors (Lipinski definition) is 4. The van der Waals surface area contributed by atoms with Crippen molar-refractivity contribution in [3.63, 3.8) is 0 Å². The first-order chi connectivity index (χ1) is 24.0. The lowest BCUT2D eigenvalue weighted by molar-refractivity contribution is -0.124. The number of carbonyl (C=O) groups is 1. The van der Waals surface area contributed by atoms with Gasteiger partial charge in [-0.3, -0.25) is 4.79 Å². The fourth-order valence-electron chi connectivity index (χ4n) is 6.63. The highest BCUT2D eigenvalue weighted by atomic mass is 16.3. The first kappa shape index (κ1) is 47.8. The van der Waals surface area contributed by atoms with E-state index < -0.39 is 18.2 Å². The molecule has 3 atom stereocenters. The van der Waals surface area contributed by atoms with Crippen LogP contribution in [-0.2, 0) is 4.79 Å². The SMILES string of the molecule is CCCCCCCCCCC/C=C\CCCCCC(O)CC(=O)NC(CO)C(O)/C=C/CCCCCCCCCCCCCCCCCC. The van der Waals surface area contributed by atoms with Crippen molar-refractivity contribution in [2.24, 2.45) is 0 Å². The van der Waals surface area contributed by atoms with Gasteiger partial charge in [-0.15, -0.1) is 0 Å². The van der Waals surface area contributed by atoms with Gasteiger partial charge in [0.15, 0.2) is 0 Å². The largest absolute Gasteiger partial charge is 0.394 e. The lowest BCUT2D eigenvalue weighted by atomic mass is 10.0. The maximum absolute atomic E-state index is 12.4. The van der Waals surface area contributed by atoms with Crippen LogP contribution in [0.3, 0.4) is 0 Å². The molecule has 1 amide bonds. The molecule has 49 heavy (non-hydrogen) atoms. The Morgan fingerprint density at radius 1 is 0.510 bits per heavy atom. The van der Waals surface area contributed by atoms with Gasteiger partial charge in [-0.05, 0) is 44.9 Å². The molecule has 0 saturated carbocycles. The molecule has 0 spiro atoms. The maximum Gasteiger partial charge on any atom is 0.222 e. The zero-order valence-electron chi connectivity index (χ0n) is 32.8. The summed E-state index contributed by atoms with van der Waals surface area (Å²) in [5.74, 6) is -0.323. The molecule has 0 rings (SSSR count). The van der Waals surface area contributed by atoms with Crippen molar-refractivity contribution in [2.75, 3.05) is 6.61 Å². The van der Waals surface area contributed by atoms with Crippen molar-refractivity contribution < 1.29 is 20.1 Å². The molecule has 290 valence electrons. The summed E-state index contributed by atoms with van der Waals surface area (Å²) in [6, 6.07) is -0.746. The van der Waals surface area contributed by atoms with E-state index in [1.807, 2.05) is 6.08 Å². The summed E-state index contributed by atoms with van der Waals surface area (Å²) in [5.41, 5.74) is 0. The number of aliphatic hydroxyl groups is 3. The molecule has 0 fully saturated rings. The number of unbranched alkanes of at least 4 members (excludes halogenated alkanes) is 28. The monoisotopic (exact) mass is 692 g/mol. The van der Waals surface area contributed by atoms with Crippen LogP contribution in [0.1, 0.15) is 226 Å². The minimum Gasteiger partial charge on any atom is -0.394 e. The van der Waals surface area contributed by atoms with Gasteiger partial charge in [0, 0.05) is 0 Å². The van der Waals surface area contributed by atoms with Gasteiger partial charge in [0.25, 0.3) is 0 Å². The molecular formula is C44H85NO4. The Morgan fingerprint density at radius 3 is 1.24 bits per heavy atom. The first-order valence-electron chi connectivity index (χ1n) is 21.6. The standard InChI is InChI=1S/C44H85NO4/c1-3-5-7-9-11-13-15-17-19-21-22-24-26-28-30-32-34-36-38-43(48)42(40-46)45-44(49)39-41(47)37-35-33-31-29-27-25-23-20-18-16-14-12-10-8-6-4-2/h25,27,36,38,41-43,46-48H,3-24,26,28-35,37,39-40H2,1-2H3,(H,45,49)/b27-25-,38-36+. The van der Waals surface area contributed by atoms with E-state index in [1.165, 1.54) is 161 Å². The number of amides is 1. The maximum atomic E-state index is 12.4. The molecule has 4 N–H and O–H groups in total. The third-order valence-corrected chi connectivity index (χ3v) is 9.98. The Labute approximate surface area is 305 Å². The third kappa shape index (κ3) is 36.4. The number of allylic oxidation sites excluding steroid dienone is 3. The number of rotatable bonds is 39. The normalized spacial score (nSPS) is 13.8. The molecule has 0 aliphatic heterocycles. The zero-order valence-corrected chi connectivity index (χ0v) is 32.8. The summed E-state index contributed by atoms with van der Waals surface area (Å²) < 4.78 is 0. The summed E-state index contributed by atoms with van der Waals surface area (Å²) in [6.45, 7) is 4.21. The summed E-state index contributed by atoms with van der Waals surface area (Å²) in [6.07, 6.45) is 47.4. The molecular weight excluding hydrogens is 606 g/mol. The second kappa shape index (κ2) is 39.6. The van der Waals surface area contributed by atoms with Gasteiger partial charge in [-0.1, -0.05) is 199 Å². The summed E-state index contributed by atoms with van der Waals surface area (Å²) in [4.78, 5) is 12.4. The lowest BCUT2D eigenvalue weighted by Gasteiger charge is -2.21. The molecule has 0 bridgehead atoms. The fourth-order valence-corrected chi connectivity index (χ4v) is 6.63. The highest BCUT2D eigenvalue weighted by Crippen LogP contribution is 2.15. The fraction of sp³-hybridized carbons (Fsp3) is 0.886. The van der Waals surface area contributed by atoms with Crippen molar-refractivity contribution >= 4 is 5.91 Å². The van der Waals surface area contributed by atoms with Crippen LogP contribution >= 0.6 is 0 Å². The molecule has 0 aliphatic rings. The molecule has 5 heteroatoms. The van der Waals surface area contributed by atoms with Crippen molar-refractivity contribution in [2.45, 2.75) is 244 Å². The van der Waals surface area contributed by atoms with E-state index in [2.05, 4.69) is 31.3 Å². The quantitative estimate of drug-likeness (QED) is 0.0381. The van der Waals surface area contributed by atoms with Crippen LogP contribution in [0.25, 0.3) is 0 Å². The van der Waals surface area contributed by atoms with E-state index in [4.69, 9.17) is 0 Å². The Bertz CT molecular complexity index is 724. The first-order valence-corrected chi connectivity index (χ1v) is 21.6. The van der Waals surface area contributed by atoms with Crippen LogP contribution in [0, 0.1) is 0 Å². The Kier molecular flexibility index (Phi) is 38.7. The zero-order chi connectivity index (χ0) is 35.9. The second-order valence-electron chi connectivity index (χ2n) is 15.0. The van der Waals surface area contributed by atoms with Gasteiger partial charge in [0.1, 0.15) is 0 Å². The topological polar surface area (TPSA) is 89.8 Å². The van der Waals surface area contributed by atoms with E-state index in [1.54, 1.807) is 6.08 Å². The summed E-state index contributed by atoms with van der Waals surface area (Å²) in [5, 5.41) is 33.2. The van der Waals surface area contributed by atoms with E-state index >= 15 is 0 Å². The van der Waals surface area contributed by atoms with Crippen LogP contribution < -0.4 is 5.32 Å². The van der Waals surface area contributed by atoms with Crippen molar-refractivity contribution in [3.8, 4) is 0 Å². The Hall–Kier alpha value is -1.17. The van der Waals surface area contributed by atoms with Gasteiger partial charge in [-0.25, -0.2) is 0 Å². The number of nitrogens with one attached hydrogen (secondary N) is 1. The van der Waals surface area contributed by atoms with Gasteiger partial charge >= 0.3 is 0 Å². The van der Waals surface area contributed by atoms with E-state index in [0.717, 1.165) is 38.5 Å². The van der Waals surface area contributed by atoms with Gasteiger partial charge in [0.2, 0.25) is 5.91 Å². The van der Waals surface area contributed by atoms with Gasteiger partial charge in [-0.2, -0.15) is 0 Å². The highest BCUT2D eigenvalue weighted by molar-refractivity contribution is 5.76. The average molecular weight is 692 g/mol. The smallest absolute Gasteiger partial charge is 0.222 e. The molecule has 0 radical (unpaired) electrons. The van der Waals surface area contributed by atoms with E-state index in [9.17, 15) is 20.1 Å². The average Bonchev–Trinajstić information content (AvgIpc) is 3.09. The van der Waals surface area contributed by atoms with Gasteiger partial charge < -0.3 is 20.6 Å². The number of carbonyl (C=O) groups excluding carboxylic acids is 1. The second-order valence-corrected chi connectivity index (χ2v) is 15.0. The lowest BCUT2D eigenvalue weighted by Crippen LogP contribution is -2.45. The van der Waals surface area contributed by atoms with Crippen LogP contribution in [0.15, 0.2) is 24.3 Å². The molecule has 0 aromatic carbocycles. The van der Waals surface area contributed by atoms with Gasteiger partial charge in [0.05, 0.1) is 31.3 Å². The van der Waals surface area contributed by atoms with Crippen LogP contribution in [0.4, 0.5) is 0 Å². The summed E-state index contributed by atoms with van der Waals surface area (Å²) >= 11 is 0. The van der Waals surface area contributed by atoms with Crippen molar-refractivity contribution in [1.82, 2.24) is 5.32 Å². The highest BCUT2D eigenvalue weighted by Gasteiger charge is 2.20. The van der Waals surface area contributed by atoms with Crippen LogP contribution in [-0.4, -0.2) is 46.1 Å². The molecule has 0 aromatic heterocycles. The molecule has 0 aromatic rings. The van der Waals surface area contributed by atoms with Crippen molar-refractivity contribution in [3.05, 3.63) is 24.3 Å². The predicted octanol–water partition coefficient (Wildman–Crippen LogP) is 12.2. The minimum absolute atomic E-state index is 0.00473. The number of hydrogen-bond acceptors (Lipinski definition) is 4. The third-order valence-electron chi connectivity index (χ3n) is 9.98. The number of aliphatic hydroxyl groups excluding tert-OH is 3. The molecule has 5 nitrogen and oxygen atoms in total. The van der Waals surface area contributed by atoms with E-state index in [-0.39, 0.29) is 18.9 Å². The molecule has 0 heterocycles. The van der Waals surface area contributed by atoms with Crippen LogP contribution in [0.5, 0.6) is 0 Å². The van der Waals surface area contributed by atoms with Crippen LogP contribution in [0.2, 0.25) is 0 Å². The Balaban J connectivity index is 3.69.